The molecule has 0 saturated carbocycles. The Morgan fingerprint density at radius 1 is 1.06 bits per heavy atom. The van der Waals surface area contributed by atoms with Crippen LogP contribution in [0.2, 0.25) is 12.6 Å². The zero-order valence-corrected chi connectivity index (χ0v) is 13.5. The van der Waals surface area contributed by atoms with Gasteiger partial charge in [0.15, 0.2) is 0 Å². The lowest BCUT2D eigenvalue weighted by molar-refractivity contribution is 0.0631. The summed E-state index contributed by atoms with van der Waals surface area (Å²) in [6, 6.07) is 1.32. The van der Waals surface area contributed by atoms with E-state index in [2.05, 4.69) is 29.9 Å². The highest BCUT2D eigenvalue weighted by Gasteiger charge is 2.42. The lowest BCUT2D eigenvalue weighted by atomic mass is 10.1. The second-order valence-corrected chi connectivity index (χ2v) is 9.70. The molecule has 0 radical (unpaired) electrons. The lowest BCUT2D eigenvalue weighted by Gasteiger charge is -2.49. The summed E-state index contributed by atoms with van der Waals surface area (Å²) in [4.78, 5) is 2.68. The first-order chi connectivity index (χ1) is 8.67. The minimum absolute atomic E-state index is 0.591. The van der Waals surface area contributed by atoms with Gasteiger partial charge in [-0.3, -0.25) is 9.47 Å². The first-order valence-corrected chi connectivity index (χ1v) is 10.4. The Kier molecular flexibility index (Phi) is 5.24. The summed E-state index contributed by atoms with van der Waals surface area (Å²) in [5.41, 5.74) is 0. The first-order valence-electron chi connectivity index (χ1n) is 7.82. The van der Waals surface area contributed by atoms with Crippen molar-refractivity contribution in [3.8, 4) is 0 Å². The summed E-state index contributed by atoms with van der Waals surface area (Å²) < 4.78 is 8.97. The highest BCUT2D eigenvalue weighted by atomic mass is 28.4. The summed E-state index contributed by atoms with van der Waals surface area (Å²) in [6.07, 6.45) is 7.49. The van der Waals surface area contributed by atoms with Crippen molar-refractivity contribution in [2.45, 2.75) is 64.7 Å². The minimum atomic E-state index is -1.62. The molecular weight excluding hydrogens is 240 g/mol. The number of hydrogen-bond acceptors (Lipinski definition) is 3. The monoisotopic (exact) mass is 270 g/mol. The van der Waals surface area contributed by atoms with Gasteiger partial charge in [-0.2, -0.15) is 0 Å². The maximum Gasteiger partial charge on any atom is 0.269 e. The van der Waals surface area contributed by atoms with Crippen LogP contribution in [-0.2, 0) is 4.43 Å². The topological polar surface area (TPSA) is 15.7 Å². The van der Waals surface area contributed by atoms with E-state index in [1.807, 2.05) is 0 Å². The van der Waals surface area contributed by atoms with Gasteiger partial charge in [-0.1, -0.05) is 12.8 Å². The molecule has 0 aromatic heterocycles. The van der Waals surface area contributed by atoms with Gasteiger partial charge in [0.05, 0.1) is 6.17 Å². The molecule has 106 valence electrons. The van der Waals surface area contributed by atoms with Gasteiger partial charge < -0.3 is 4.43 Å². The fraction of sp³-hybridized carbons (Fsp3) is 1.00. The lowest BCUT2D eigenvalue weighted by Crippen LogP contribution is -2.63. The van der Waals surface area contributed by atoms with Crippen molar-refractivity contribution in [2.75, 3.05) is 26.2 Å². The Bertz CT molecular complexity index is 254. The molecule has 2 fully saturated rings. The maximum absolute atomic E-state index is 6.23. The number of hydrogen-bond donors (Lipinski definition) is 0. The molecule has 0 spiro atoms. The Morgan fingerprint density at radius 3 is 2.39 bits per heavy atom. The van der Waals surface area contributed by atoms with E-state index >= 15 is 0 Å². The van der Waals surface area contributed by atoms with E-state index in [4.69, 9.17) is 4.43 Å². The average molecular weight is 270 g/mol. The molecule has 0 aliphatic carbocycles. The summed E-state index contributed by atoms with van der Waals surface area (Å²) >= 11 is 0. The van der Waals surface area contributed by atoms with Crippen LogP contribution in [-0.4, -0.2) is 50.4 Å². The second-order valence-electron chi connectivity index (χ2n) is 5.99. The molecule has 2 atom stereocenters. The van der Waals surface area contributed by atoms with Crippen LogP contribution in [0.25, 0.3) is 0 Å². The molecular formula is C14H30N2OSi. The third-order valence-corrected chi connectivity index (χ3v) is 8.73. The highest BCUT2D eigenvalue weighted by molar-refractivity contribution is 6.69. The summed E-state index contributed by atoms with van der Waals surface area (Å²) in [5.74, 6) is 0. The molecule has 0 aromatic carbocycles. The molecule has 0 bridgehead atoms. The van der Waals surface area contributed by atoms with Gasteiger partial charge >= 0.3 is 0 Å². The van der Waals surface area contributed by atoms with E-state index in [-0.39, 0.29) is 0 Å². The Morgan fingerprint density at radius 2 is 1.72 bits per heavy atom. The summed E-state index contributed by atoms with van der Waals surface area (Å²) in [7, 11) is -1.62. The van der Waals surface area contributed by atoms with Crippen LogP contribution in [0.15, 0.2) is 0 Å². The zero-order valence-electron chi connectivity index (χ0n) is 12.5. The average Bonchev–Trinajstić information content (AvgIpc) is 2.39. The van der Waals surface area contributed by atoms with Gasteiger partial charge in [-0.25, -0.2) is 0 Å². The van der Waals surface area contributed by atoms with Gasteiger partial charge in [-0.05, 0) is 65.3 Å². The molecule has 4 heteroatoms. The molecule has 3 nitrogen and oxygen atoms in total. The van der Waals surface area contributed by atoms with E-state index < -0.39 is 8.48 Å². The normalized spacial score (nSPS) is 33.5. The predicted molar refractivity (Wildman–Crippen MR) is 78.9 cm³/mol. The van der Waals surface area contributed by atoms with Gasteiger partial charge in [0.1, 0.15) is 0 Å². The molecule has 2 heterocycles. The maximum atomic E-state index is 6.23. The van der Waals surface area contributed by atoms with Crippen molar-refractivity contribution in [1.82, 2.24) is 9.47 Å². The Balaban J connectivity index is 2.02. The van der Waals surface area contributed by atoms with Crippen molar-refractivity contribution < 1.29 is 4.43 Å². The van der Waals surface area contributed by atoms with Crippen LogP contribution >= 0.6 is 0 Å². The van der Waals surface area contributed by atoms with Crippen LogP contribution in [0.1, 0.15) is 46.0 Å². The smallest absolute Gasteiger partial charge is 0.269 e. The van der Waals surface area contributed by atoms with Crippen molar-refractivity contribution in [3.63, 3.8) is 0 Å². The summed E-state index contributed by atoms with van der Waals surface area (Å²) in [6.45, 7) is 11.7. The molecule has 2 aliphatic rings. The zero-order chi connectivity index (χ0) is 13.0. The van der Waals surface area contributed by atoms with Gasteiger partial charge in [0.25, 0.3) is 8.48 Å². The number of likely N-dealkylation sites (tertiary alicyclic amines) is 1. The number of piperidine rings is 1. The van der Waals surface area contributed by atoms with Crippen molar-refractivity contribution in [1.29, 1.82) is 0 Å². The third kappa shape index (κ3) is 3.16. The SMILES string of the molecule is CCO[Si]1(C)CCCCN1C(C)N1CCCCC1. The number of rotatable bonds is 4. The molecule has 2 aliphatic heterocycles. The van der Waals surface area contributed by atoms with Crippen LogP contribution in [0.3, 0.4) is 0 Å². The van der Waals surface area contributed by atoms with E-state index in [0.29, 0.717) is 6.17 Å². The quantitative estimate of drug-likeness (QED) is 0.730. The fourth-order valence-electron chi connectivity index (χ4n) is 3.65. The van der Waals surface area contributed by atoms with Crippen LogP contribution < -0.4 is 0 Å². The van der Waals surface area contributed by atoms with Crippen molar-refractivity contribution in [2.24, 2.45) is 0 Å². The highest BCUT2D eigenvalue weighted by Crippen LogP contribution is 2.29. The second kappa shape index (κ2) is 6.50. The molecule has 2 rings (SSSR count). The Labute approximate surface area is 114 Å². The molecule has 0 N–H and O–H groups in total. The van der Waals surface area contributed by atoms with E-state index in [1.54, 1.807) is 0 Å². The Hall–Kier alpha value is 0.0969. The van der Waals surface area contributed by atoms with Crippen LogP contribution in [0, 0.1) is 0 Å². The number of nitrogens with zero attached hydrogens (tertiary/aromatic N) is 2. The van der Waals surface area contributed by atoms with Crippen LogP contribution in [0.5, 0.6) is 0 Å². The molecule has 18 heavy (non-hydrogen) atoms. The van der Waals surface area contributed by atoms with Gasteiger partial charge in [-0.15, -0.1) is 0 Å². The van der Waals surface area contributed by atoms with Gasteiger partial charge in [0.2, 0.25) is 0 Å². The summed E-state index contributed by atoms with van der Waals surface area (Å²) in [5, 5.41) is 0. The van der Waals surface area contributed by atoms with Gasteiger partial charge in [0, 0.05) is 6.61 Å². The van der Waals surface area contributed by atoms with Crippen LogP contribution in [0.4, 0.5) is 0 Å². The minimum Gasteiger partial charge on any atom is -0.403 e. The fourth-order valence-corrected chi connectivity index (χ4v) is 7.36. The van der Waals surface area contributed by atoms with E-state index in [0.717, 1.165) is 6.61 Å². The third-order valence-electron chi connectivity index (χ3n) is 4.72. The molecule has 2 unspecified atom stereocenters. The largest absolute Gasteiger partial charge is 0.403 e. The first kappa shape index (κ1) is 14.5. The molecule has 0 aromatic rings. The van der Waals surface area contributed by atoms with Crippen molar-refractivity contribution >= 4 is 8.48 Å². The standard InChI is InChI=1S/C14H30N2OSi/c1-4-17-18(3)13-9-8-12-16(18)14(2)15-10-6-5-7-11-15/h14H,4-13H2,1-3H3. The van der Waals surface area contributed by atoms with Crippen molar-refractivity contribution in [3.05, 3.63) is 0 Å². The predicted octanol–water partition coefficient (Wildman–Crippen LogP) is 3.02. The molecule has 0 amide bonds. The van der Waals surface area contributed by atoms with E-state index in [1.165, 1.54) is 57.8 Å². The van der Waals surface area contributed by atoms with E-state index in [9.17, 15) is 0 Å². The molecule has 2 saturated heterocycles.